The van der Waals surface area contributed by atoms with Crippen molar-refractivity contribution in [2.75, 3.05) is 13.2 Å². The van der Waals surface area contributed by atoms with Crippen LogP contribution in [0.15, 0.2) is 18.2 Å². The second-order valence-electron chi connectivity index (χ2n) is 5.96. The first-order valence-corrected chi connectivity index (χ1v) is 7.65. The smallest absolute Gasteiger partial charge is 0.423 e. The van der Waals surface area contributed by atoms with Gasteiger partial charge in [0.25, 0.3) is 0 Å². The van der Waals surface area contributed by atoms with Crippen molar-refractivity contribution >= 4 is 12.6 Å². The summed E-state index contributed by atoms with van der Waals surface area (Å²) in [4.78, 5) is 2.38. The number of hydrogen-bond acceptors (Lipinski definition) is 4. The lowest BCUT2D eigenvalue weighted by Gasteiger charge is -2.44. The number of nitrogens with zero attached hydrogens (tertiary/aromatic N) is 1. The predicted octanol–water partition coefficient (Wildman–Crippen LogP) is 0.649. The molecule has 2 unspecified atom stereocenters. The summed E-state index contributed by atoms with van der Waals surface area (Å²) in [6.07, 6.45) is 5.03. The third-order valence-electron chi connectivity index (χ3n) is 4.57. The molecular weight excluding hydrogens is 272 g/mol. The maximum absolute atomic E-state index is 13.5. The molecule has 6 heteroatoms. The molecule has 3 rings (SSSR count). The highest BCUT2D eigenvalue weighted by atomic mass is 19.1. The molecule has 114 valence electrons. The van der Waals surface area contributed by atoms with Crippen LogP contribution in [0.5, 0.6) is 0 Å². The zero-order valence-electron chi connectivity index (χ0n) is 12.0. The lowest BCUT2D eigenvalue weighted by atomic mass is 9.79. The molecule has 1 aromatic carbocycles. The van der Waals surface area contributed by atoms with E-state index in [1.54, 1.807) is 12.1 Å². The summed E-state index contributed by atoms with van der Waals surface area (Å²) >= 11 is 0. The first-order valence-electron chi connectivity index (χ1n) is 7.65. The van der Waals surface area contributed by atoms with E-state index in [0.717, 1.165) is 31.6 Å². The fourth-order valence-electron chi connectivity index (χ4n) is 3.50. The number of benzene rings is 1. The van der Waals surface area contributed by atoms with Gasteiger partial charge in [-0.15, -0.1) is 0 Å². The van der Waals surface area contributed by atoms with Crippen molar-refractivity contribution in [3.63, 3.8) is 0 Å². The van der Waals surface area contributed by atoms with Crippen LogP contribution in [0.4, 0.5) is 4.39 Å². The first kappa shape index (κ1) is 15.0. The third kappa shape index (κ3) is 3.29. The van der Waals surface area contributed by atoms with Crippen molar-refractivity contribution in [1.29, 1.82) is 0 Å². The van der Waals surface area contributed by atoms with Crippen molar-refractivity contribution in [2.24, 2.45) is 0 Å². The van der Waals surface area contributed by atoms with E-state index in [-0.39, 0.29) is 5.46 Å². The van der Waals surface area contributed by atoms with Crippen LogP contribution in [-0.4, -0.2) is 47.4 Å². The minimum absolute atomic E-state index is 0.0547. The van der Waals surface area contributed by atoms with E-state index in [4.69, 9.17) is 4.74 Å². The molecule has 0 amide bonds. The van der Waals surface area contributed by atoms with Crippen LogP contribution in [0.25, 0.3) is 0 Å². The summed E-state index contributed by atoms with van der Waals surface area (Å²) in [5, 5.41) is 18.4. The van der Waals surface area contributed by atoms with E-state index >= 15 is 0 Å². The van der Waals surface area contributed by atoms with Gasteiger partial charge in [-0.05, 0) is 24.5 Å². The Labute approximate surface area is 124 Å². The first-order chi connectivity index (χ1) is 10.1. The molecule has 0 spiro atoms. The van der Waals surface area contributed by atoms with Crippen molar-refractivity contribution in [3.8, 4) is 0 Å². The maximum Gasteiger partial charge on any atom is 0.491 e. The van der Waals surface area contributed by atoms with E-state index in [1.165, 1.54) is 18.9 Å². The molecule has 0 bridgehead atoms. The number of rotatable bonds is 3. The molecule has 21 heavy (non-hydrogen) atoms. The van der Waals surface area contributed by atoms with E-state index in [0.29, 0.717) is 18.7 Å². The van der Waals surface area contributed by atoms with Crippen LogP contribution >= 0.6 is 0 Å². The minimum Gasteiger partial charge on any atom is -0.423 e. The SMILES string of the molecule is OB(O)c1cc(CN2CCOC3CCCCC32)ccc1F. The Morgan fingerprint density at radius 3 is 2.90 bits per heavy atom. The number of fused-ring (bicyclic) bond motifs is 1. The maximum atomic E-state index is 13.5. The molecular formula is C15H21BFNO3. The Bertz CT molecular complexity index is 498. The average molecular weight is 293 g/mol. The monoisotopic (exact) mass is 293 g/mol. The van der Waals surface area contributed by atoms with Gasteiger partial charge in [-0.2, -0.15) is 0 Å². The largest absolute Gasteiger partial charge is 0.491 e. The van der Waals surface area contributed by atoms with Gasteiger partial charge in [0.2, 0.25) is 0 Å². The van der Waals surface area contributed by atoms with Crippen LogP contribution in [-0.2, 0) is 11.3 Å². The molecule has 0 aromatic heterocycles. The van der Waals surface area contributed by atoms with E-state index in [2.05, 4.69) is 4.90 Å². The van der Waals surface area contributed by atoms with Crippen LogP contribution in [0.1, 0.15) is 31.2 Å². The standard InChI is InChI=1S/C15H21BFNO3/c17-13-6-5-11(9-12(13)16(19)20)10-18-7-8-21-15-4-2-1-3-14(15)18/h5-6,9,14-15,19-20H,1-4,7-8,10H2. The predicted molar refractivity (Wildman–Crippen MR) is 78.6 cm³/mol. The fraction of sp³-hybridized carbons (Fsp3) is 0.600. The fourth-order valence-corrected chi connectivity index (χ4v) is 3.50. The average Bonchev–Trinajstić information content (AvgIpc) is 2.49. The minimum atomic E-state index is -1.77. The third-order valence-corrected chi connectivity index (χ3v) is 4.57. The lowest BCUT2D eigenvalue weighted by Crippen LogP contribution is -2.52. The normalized spacial score (nSPS) is 26.4. The summed E-state index contributed by atoms with van der Waals surface area (Å²) in [6, 6.07) is 5.00. The van der Waals surface area contributed by atoms with Crippen molar-refractivity contribution in [3.05, 3.63) is 29.6 Å². The molecule has 1 saturated carbocycles. The Balaban J connectivity index is 1.74. The highest BCUT2D eigenvalue weighted by Gasteiger charge is 2.34. The number of hydrogen-bond donors (Lipinski definition) is 2. The molecule has 1 heterocycles. The zero-order valence-corrected chi connectivity index (χ0v) is 12.0. The second kappa shape index (κ2) is 6.44. The van der Waals surface area contributed by atoms with Gasteiger partial charge in [0.05, 0.1) is 12.7 Å². The van der Waals surface area contributed by atoms with Crippen molar-refractivity contribution in [1.82, 2.24) is 4.90 Å². The summed E-state index contributed by atoms with van der Waals surface area (Å²) in [5.41, 5.74) is 0.853. The van der Waals surface area contributed by atoms with Gasteiger partial charge in [-0.1, -0.05) is 25.0 Å². The van der Waals surface area contributed by atoms with Gasteiger partial charge in [0.15, 0.2) is 0 Å². The molecule has 0 radical (unpaired) electrons. The van der Waals surface area contributed by atoms with Crippen LogP contribution in [0, 0.1) is 5.82 Å². The number of halogens is 1. The summed E-state index contributed by atoms with van der Waals surface area (Å²) in [5.74, 6) is -0.578. The molecule has 4 nitrogen and oxygen atoms in total. The van der Waals surface area contributed by atoms with Crippen LogP contribution in [0.3, 0.4) is 0 Å². The topological polar surface area (TPSA) is 52.9 Å². The highest BCUT2D eigenvalue weighted by Crippen LogP contribution is 2.29. The van der Waals surface area contributed by atoms with Gasteiger partial charge in [-0.25, -0.2) is 4.39 Å². The highest BCUT2D eigenvalue weighted by molar-refractivity contribution is 6.58. The van der Waals surface area contributed by atoms with Crippen LogP contribution < -0.4 is 5.46 Å². The van der Waals surface area contributed by atoms with Crippen molar-refractivity contribution in [2.45, 2.75) is 44.4 Å². The van der Waals surface area contributed by atoms with Crippen molar-refractivity contribution < 1.29 is 19.2 Å². The van der Waals surface area contributed by atoms with Gasteiger partial charge in [-0.3, -0.25) is 4.90 Å². The van der Waals surface area contributed by atoms with Gasteiger partial charge >= 0.3 is 7.12 Å². The lowest BCUT2D eigenvalue weighted by molar-refractivity contribution is -0.0911. The zero-order chi connectivity index (χ0) is 14.8. The van der Waals surface area contributed by atoms with Gasteiger partial charge < -0.3 is 14.8 Å². The van der Waals surface area contributed by atoms with Gasteiger partial charge in [0, 0.05) is 24.6 Å². The van der Waals surface area contributed by atoms with E-state index in [1.807, 2.05) is 0 Å². The number of ether oxygens (including phenoxy) is 1. The summed E-state index contributed by atoms with van der Waals surface area (Å²) in [7, 11) is -1.77. The van der Waals surface area contributed by atoms with E-state index in [9.17, 15) is 14.4 Å². The molecule has 1 aliphatic heterocycles. The van der Waals surface area contributed by atoms with Crippen LogP contribution in [0.2, 0.25) is 0 Å². The molecule has 2 aliphatic rings. The quantitative estimate of drug-likeness (QED) is 0.804. The molecule has 1 saturated heterocycles. The summed E-state index contributed by atoms with van der Waals surface area (Å²) in [6.45, 7) is 2.30. The Hall–Kier alpha value is -0.945. The molecule has 2 N–H and O–H groups in total. The Morgan fingerprint density at radius 1 is 1.29 bits per heavy atom. The van der Waals surface area contributed by atoms with E-state index < -0.39 is 12.9 Å². The Morgan fingerprint density at radius 2 is 2.10 bits per heavy atom. The molecule has 1 aromatic rings. The number of morpholine rings is 1. The Kier molecular flexibility index (Phi) is 4.59. The summed E-state index contributed by atoms with van der Waals surface area (Å²) < 4.78 is 19.4. The second-order valence-corrected chi connectivity index (χ2v) is 5.96. The molecule has 2 fully saturated rings. The van der Waals surface area contributed by atoms with Gasteiger partial charge in [0.1, 0.15) is 5.82 Å². The molecule has 1 aliphatic carbocycles. The molecule has 2 atom stereocenters.